The van der Waals surface area contributed by atoms with Crippen molar-refractivity contribution in [2.45, 2.75) is 13.0 Å². The molecule has 0 saturated carbocycles. The van der Waals surface area contributed by atoms with Crippen LogP contribution in [0.15, 0.2) is 66.0 Å². The third-order valence-electron chi connectivity index (χ3n) is 5.00. The lowest BCUT2D eigenvalue weighted by Crippen LogP contribution is -2.42. The van der Waals surface area contributed by atoms with Crippen molar-refractivity contribution in [1.82, 2.24) is 30.5 Å². The molecule has 1 amide bonds. The summed E-state index contributed by atoms with van der Waals surface area (Å²) in [5, 5.41) is 15.5. The summed E-state index contributed by atoms with van der Waals surface area (Å²) in [5.74, 6) is -0.272. The minimum absolute atomic E-state index is 0.0161. The second-order valence-corrected chi connectivity index (χ2v) is 6.96. The van der Waals surface area contributed by atoms with Gasteiger partial charge in [-0.1, -0.05) is 30.3 Å². The smallest absolute Gasteiger partial charge is 0.271 e. The van der Waals surface area contributed by atoms with Gasteiger partial charge in [0.05, 0.1) is 30.7 Å². The predicted octanol–water partition coefficient (Wildman–Crippen LogP) is 1.84. The topological polar surface area (TPSA) is 97.5 Å². The zero-order valence-electron chi connectivity index (χ0n) is 16.7. The van der Waals surface area contributed by atoms with Crippen molar-refractivity contribution in [3.8, 4) is 5.69 Å². The molecule has 4 rings (SSSR count). The maximum Gasteiger partial charge on any atom is 0.271 e. The molecule has 1 aliphatic heterocycles. The fourth-order valence-corrected chi connectivity index (χ4v) is 3.50. The highest BCUT2D eigenvalue weighted by atomic mass is 16.5. The maximum absolute atomic E-state index is 12.6. The minimum atomic E-state index is -0.272. The van der Waals surface area contributed by atoms with Crippen LogP contribution in [-0.4, -0.2) is 63.0 Å². The number of amides is 1. The molecule has 0 bridgehead atoms. The summed E-state index contributed by atoms with van der Waals surface area (Å²) in [4.78, 5) is 14.9. The number of tetrazole rings is 1. The summed E-state index contributed by atoms with van der Waals surface area (Å²) in [6.07, 6.45) is 1.50. The van der Waals surface area contributed by atoms with E-state index in [4.69, 9.17) is 4.74 Å². The van der Waals surface area contributed by atoms with Gasteiger partial charge in [-0.3, -0.25) is 9.69 Å². The fraction of sp³-hybridized carbons (Fsp3) is 0.286. The Labute approximate surface area is 174 Å². The summed E-state index contributed by atoms with van der Waals surface area (Å²) in [5.41, 5.74) is 5.92. The molecule has 1 atom stereocenters. The van der Waals surface area contributed by atoms with Crippen LogP contribution in [0.4, 0.5) is 0 Å². The summed E-state index contributed by atoms with van der Waals surface area (Å²) in [6, 6.07) is 17.2. The van der Waals surface area contributed by atoms with Crippen LogP contribution >= 0.6 is 0 Å². The second-order valence-electron chi connectivity index (χ2n) is 6.96. The number of carbonyl (C=O) groups excluding carboxylic acids is 1. The van der Waals surface area contributed by atoms with E-state index < -0.39 is 0 Å². The summed E-state index contributed by atoms with van der Waals surface area (Å²) >= 11 is 0. The molecular weight excluding hydrogens is 382 g/mol. The van der Waals surface area contributed by atoms with Crippen molar-refractivity contribution < 1.29 is 9.53 Å². The van der Waals surface area contributed by atoms with Gasteiger partial charge in [-0.15, -0.1) is 5.10 Å². The average molecular weight is 405 g/mol. The highest BCUT2D eigenvalue weighted by Crippen LogP contribution is 2.23. The fourth-order valence-electron chi connectivity index (χ4n) is 3.50. The van der Waals surface area contributed by atoms with Crippen LogP contribution < -0.4 is 5.43 Å². The molecule has 0 spiro atoms. The molecular formula is C21H23N7O2. The van der Waals surface area contributed by atoms with Gasteiger partial charge in [0.2, 0.25) is 0 Å². The first-order valence-corrected chi connectivity index (χ1v) is 9.77. The van der Waals surface area contributed by atoms with Crippen molar-refractivity contribution in [1.29, 1.82) is 0 Å². The van der Waals surface area contributed by atoms with Crippen LogP contribution in [0.5, 0.6) is 0 Å². The number of rotatable bonds is 6. The molecule has 1 fully saturated rings. The van der Waals surface area contributed by atoms with Gasteiger partial charge in [-0.05, 0) is 47.2 Å². The number of hydrazone groups is 1. The first-order valence-electron chi connectivity index (χ1n) is 9.77. The molecule has 1 aliphatic rings. The van der Waals surface area contributed by atoms with Gasteiger partial charge in [0, 0.05) is 18.7 Å². The molecule has 2 heterocycles. The van der Waals surface area contributed by atoms with Gasteiger partial charge in [-0.25, -0.2) is 10.1 Å². The second kappa shape index (κ2) is 9.38. The standard InChI is InChI=1S/C21H23N7O2/c1-16(20(17-5-3-2-4-6-17)27-11-13-30-14-12-27)23-24-21(29)18-7-9-19(10-8-18)28-15-22-25-26-28/h2-10,15,20H,11-14H2,1H3,(H,24,29)/b23-16-/t20-/m0/s1. The van der Waals surface area contributed by atoms with E-state index in [0.717, 1.165) is 30.1 Å². The molecule has 154 valence electrons. The first-order chi connectivity index (χ1) is 14.7. The van der Waals surface area contributed by atoms with Gasteiger partial charge < -0.3 is 4.74 Å². The molecule has 9 nitrogen and oxygen atoms in total. The number of aromatic nitrogens is 4. The Morgan fingerprint density at radius 1 is 1.10 bits per heavy atom. The lowest BCUT2D eigenvalue weighted by atomic mass is 10.0. The van der Waals surface area contributed by atoms with Crippen molar-refractivity contribution in [3.63, 3.8) is 0 Å². The van der Waals surface area contributed by atoms with Crippen LogP contribution in [-0.2, 0) is 4.74 Å². The molecule has 0 aliphatic carbocycles. The molecule has 1 saturated heterocycles. The average Bonchev–Trinajstić information content (AvgIpc) is 3.34. The third-order valence-corrected chi connectivity index (χ3v) is 5.00. The predicted molar refractivity (Wildman–Crippen MR) is 111 cm³/mol. The number of hydrogen-bond acceptors (Lipinski definition) is 7. The molecule has 3 aromatic rings. The zero-order chi connectivity index (χ0) is 20.8. The largest absolute Gasteiger partial charge is 0.379 e. The van der Waals surface area contributed by atoms with E-state index in [2.05, 4.69) is 43.1 Å². The van der Waals surface area contributed by atoms with Crippen molar-refractivity contribution in [2.24, 2.45) is 5.10 Å². The van der Waals surface area contributed by atoms with Gasteiger partial charge >= 0.3 is 0 Å². The lowest BCUT2D eigenvalue weighted by molar-refractivity contribution is 0.0285. The van der Waals surface area contributed by atoms with Crippen molar-refractivity contribution in [2.75, 3.05) is 26.3 Å². The van der Waals surface area contributed by atoms with Gasteiger partial charge in [0.1, 0.15) is 6.33 Å². The molecule has 1 aromatic heterocycles. The third kappa shape index (κ3) is 4.58. The van der Waals surface area contributed by atoms with E-state index in [1.54, 1.807) is 24.3 Å². The SMILES string of the molecule is C/C(=N/NC(=O)c1ccc(-n2cnnn2)cc1)[C@@H](c1ccccc1)N1CCOCC1. The van der Waals surface area contributed by atoms with Crippen molar-refractivity contribution in [3.05, 3.63) is 72.1 Å². The van der Waals surface area contributed by atoms with Gasteiger partial charge in [0.25, 0.3) is 5.91 Å². The monoisotopic (exact) mass is 405 g/mol. The molecule has 30 heavy (non-hydrogen) atoms. The Morgan fingerprint density at radius 2 is 1.83 bits per heavy atom. The molecule has 9 heteroatoms. The van der Waals surface area contributed by atoms with Gasteiger partial charge in [0.15, 0.2) is 0 Å². The number of hydrogen-bond donors (Lipinski definition) is 1. The quantitative estimate of drug-likeness (QED) is 0.496. The van der Waals surface area contributed by atoms with Crippen LogP contribution in [0.1, 0.15) is 28.9 Å². The van der Waals surface area contributed by atoms with E-state index in [1.165, 1.54) is 11.0 Å². The minimum Gasteiger partial charge on any atom is -0.379 e. The molecule has 1 N–H and O–H groups in total. The number of nitrogens with zero attached hydrogens (tertiary/aromatic N) is 6. The zero-order valence-corrected chi connectivity index (χ0v) is 16.7. The van der Waals surface area contributed by atoms with Crippen LogP contribution in [0.2, 0.25) is 0 Å². The maximum atomic E-state index is 12.6. The number of carbonyl (C=O) groups is 1. The highest BCUT2D eigenvalue weighted by molar-refractivity contribution is 5.96. The van der Waals surface area contributed by atoms with Gasteiger partial charge in [-0.2, -0.15) is 5.10 Å². The van der Waals surface area contributed by atoms with E-state index >= 15 is 0 Å². The van der Waals surface area contributed by atoms with E-state index in [1.807, 2.05) is 25.1 Å². The van der Waals surface area contributed by atoms with E-state index in [-0.39, 0.29) is 11.9 Å². The normalized spacial score (nSPS) is 16.2. The van der Waals surface area contributed by atoms with Crippen molar-refractivity contribution >= 4 is 11.6 Å². The van der Waals surface area contributed by atoms with Crippen LogP contribution in [0.3, 0.4) is 0 Å². The summed E-state index contributed by atoms with van der Waals surface area (Å²) in [7, 11) is 0. The highest BCUT2D eigenvalue weighted by Gasteiger charge is 2.25. The molecule has 0 radical (unpaired) electrons. The lowest BCUT2D eigenvalue weighted by Gasteiger charge is -2.34. The van der Waals surface area contributed by atoms with Crippen LogP contribution in [0, 0.1) is 0 Å². The Bertz CT molecular complexity index is 982. The number of morpholine rings is 1. The Balaban J connectivity index is 1.48. The Morgan fingerprint density at radius 3 is 2.50 bits per heavy atom. The van der Waals surface area contributed by atoms with Crippen LogP contribution in [0.25, 0.3) is 5.69 Å². The first kappa shape index (κ1) is 19.9. The van der Waals surface area contributed by atoms with E-state index in [9.17, 15) is 4.79 Å². The molecule has 2 aromatic carbocycles. The number of ether oxygens (including phenoxy) is 1. The summed E-state index contributed by atoms with van der Waals surface area (Å²) in [6.45, 7) is 4.96. The number of nitrogens with one attached hydrogen (secondary N) is 1. The Kier molecular flexibility index (Phi) is 6.21. The summed E-state index contributed by atoms with van der Waals surface area (Å²) < 4.78 is 7.02. The van der Waals surface area contributed by atoms with E-state index in [0.29, 0.717) is 18.8 Å². The number of benzene rings is 2. The Hall–Kier alpha value is -3.43. The molecule has 0 unspecified atom stereocenters.